The van der Waals surface area contributed by atoms with E-state index < -0.39 is 23.8 Å². The van der Waals surface area contributed by atoms with Gasteiger partial charge in [0, 0.05) is 10.6 Å². The maximum absolute atomic E-state index is 11.7. The van der Waals surface area contributed by atoms with Crippen LogP contribution in [0.25, 0.3) is 0 Å². The molecule has 1 aromatic rings. The van der Waals surface area contributed by atoms with Gasteiger partial charge < -0.3 is 21.5 Å². The van der Waals surface area contributed by atoms with Gasteiger partial charge >= 0.3 is 0 Å². The van der Waals surface area contributed by atoms with E-state index in [1.54, 1.807) is 18.2 Å². The summed E-state index contributed by atoms with van der Waals surface area (Å²) < 4.78 is 0. The molecular weight excluding hydrogens is 286 g/mol. The Kier molecular flexibility index (Phi) is 5.95. The van der Waals surface area contributed by atoms with Crippen LogP contribution < -0.4 is 16.4 Å². The Hall–Kier alpha value is -2.12. The molecule has 0 saturated heterocycles. The second-order valence-electron chi connectivity index (χ2n) is 3.92. The molecule has 0 aliphatic rings. The molecule has 108 valence electrons. The zero-order valence-electron chi connectivity index (χ0n) is 10.4. The molecule has 0 heterocycles. The topological polar surface area (TPSA) is 122 Å². The minimum atomic E-state index is -1.46. The van der Waals surface area contributed by atoms with Crippen molar-refractivity contribution in [3.8, 4) is 0 Å². The summed E-state index contributed by atoms with van der Waals surface area (Å²) in [6.07, 6.45) is -1.46. The van der Waals surface area contributed by atoms with E-state index in [1.165, 1.54) is 6.07 Å². The number of carbonyl (C=O) groups is 3. The van der Waals surface area contributed by atoms with Gasteiger partial charge in [0.15, 0.2) is 0 Å². The first-order valence-corrected chi connectivity index (χ1v) is 6.06. The Morgan fingerprint density at radius 3 is 2.60 bits per heavy atom. The van der Waals surface area contributed by atoms with Crippen LogP contribution in [0.15, 0.2) is 24.3 Å². The monoisotopic (exact) mass is 299 g/mol. The molecule has 0 radical (unpaired) electrons. The summed E-state index contributed by atoms with van der Waals surface area (Å²) in [5, 5.41) is 14.1. The van der Waals surface area contributed by atoms with Crippen LogP contribution in [-0.4, -0.2) is 42.0 Å². The smallest absolute Gasteiger partial charge is 0.251 e. The van der Waals surface area contributed by atoms with Crippen molar-refractivity contribution in [2.45, 2.75) is 6.10 Å². The van der Waals surface area contributed by atoms with E-state index in [9.17, 15) is 14.4 Å². The standard InChI is InChI=1S/C12H14ClN3O4/c13-8-3-1-2-7(4-8)12(20)16-6-10(18)15-5-9(17)11(14)19/h1-4,9,17H,5-6H2,(H2,14,19)(H,15,18)(H,16,20). The molecule has 1 atom stereocenters. The second kappa shape index (κ2) is 7.46. The van der Waals surface area contributed by atoms with Crippen molar-refractivity contribution in [1.82, 2.24) is 10.6 Å². The molecule has 7 nitrogen and oxygen atoms in total. The number of aliphatic hydroxyl groups is 1. The van der Waals surface area contributed by atoms with E-state index in [4.69, 9.17) is 22.4 Å². The predicted molar refractivity (Wildman–Crippen MR) is 72.0 cm³/mol. The minimum Gasteiger partial charge on any atom is -0.381 e. The normalized spacial score (nSPS) is 11.5. The highest BCUT2D eigenvalue weighted by molar-refractivity contribution is 6.30. The van der Waals surface area contributed by atoms with Crippen molar-refractivity contribution in [2.24, 2.45) is 5.73 Å². The lowest BCUT2D eigenvalue weighted by atomic mass is 10.2. The zero-order valence-corrected chi connectivity index (χ0v) is 11.2. The van der Waals surface area contributed by atoms with Gasteiger partial charge in [0.1, 0.15) is 6.10 Å². The highest BCUT2D eigenvalue weighted by Crippen LogP contribution is 2.10. The third-order valence-corrected chi connectivity index (χ3v) is 2.55. The maximum atomic E-state index is 11.7. The number of benzene rings is 1. The number of hydrogen-bond acceptors (Lipinski definition) is 4. The highest BCUT2D eigenvalue weighted by atomic mass is 35.5. The molecule has 3 amide bonds. The van der Waals surface area contributed by atoms with Gasteiger partial charge in [-0.1, -0.05) is 17.7 Å². The van der Waals surface area contributed by atoms with Crippen molar-refractivity contribution < 1.29 is 19.5 Å². The molecule has 1 rings (SSSR count). The molecule has 0 saturated carbocycles. The van der Waals surface area contributed by atoms with Crippen molar-refractivity contribution in [3.05, 3.63) is 34.9 Å². The van der Waals surface area contributed by atoms with E-state index in [1.807, 2.05) is 0 Å². The summed E-state index contributed by atoms with van der Waals surface area (Å²) >= 11 is 5.74. The van der Waals surface area contributed by atoms with Crippen LogP contribution in [0, 0.1) is 0 Å². The molecule has 0 bridgehead atoms. The third kappa shape index (κ3) is 5.25. The van der Waals surface area contributed by atoms with E-state index in [-0.39, 0.29) is 13.1 Å². The summed E-state index contributed by atoms with van der Waals surface area (Å²) in [7, 11) is 0. The largest absolute Gasteiger partial charge is 0.381 e. The number of primary amides is 1. The molecule has 0 aliphatic carbocycles. The second-order valence-corrected chi connectivity index (χ2v) is 4.35. The first-order valence-electron chi connectivity index (χ1n) is 5.68. The number of carbonyl (C=O) groups excluding carboxylic acids is 3. The summed E-state index contributed by atoms with van der Waals surface area (Å²) in [6.45, 7) is -0.599. The van der Waals surface area contributed by atoms with Gasteiger partial charge in [-0.2, -0.15) is 0 Å². The molecule has 20 heavy (non-hydrogen) atoms. The first kappa shape index (κ1) is 15.9. The molecule has 8 heteroatoms. The summed E-state index contributed by atoms with van der Waals surface area (Å²) in [5.41, 5.74) is 5.13. The molecule has 0 spiro atoms. The maximum Gasteiger partial charge on any atom is 0.251 e. The van der Waals surface area contributed by atoms with E-state index >= 15 is 0 Å². The lowest BCUT2D eigenvalue weighted by Crippen LogP contribution is -2.43. The van der Waals surface area contributed by atoms with E-state index in [0.29, 0.717) is 10.6 Å². The van der Waals surface area contributed by atoms with Crippen molar-refractivity contribution in [2.75, 3.05) is 13.1 Å². The fourth-order valence-corrected chi connectivity index (χ4v) is 1.46. The summed E-state index contributed by atoms with van der Waals surface area (Å²) in [5.74, 6) is -1.95. The van der Waals surface area contributed by atoms with Gasteiger partial charge in [-0.05, 0) is 18.2 Å². The molecule has 1 aromatic carbocycles. The first-order chi connectivity index (χ1) is 9.40. The lowest BCUT2D eigenvalue weighted by molar-refractivity contribution is -0.126. The third-order valence-electron chi connectivity index (χ3n) is 2.32. The lowest BCUT2D eigenvalue weighted by Gasteiger charge is -2.09. The molecule has 0 aliphatic heterocycles. The van der Waals surface area contributed by atoms with Crippen LogP contribution in [0.1, 0.15) is 10.4 Å². The van der Waals surface area contributed by atoms with E-state index in [2.05, 4.69) is 10.6 Å². The summed E-state index contributed by atoms with van der Waals surface area (Å²) in [6, 6.07) is 6.25. The van der Waals surface area contributed by atoms with Gasteiger partial charge in [-0.3, -0.25) is 14.4 Å². The highest BCUT2D eigenvalue weighted by Gasteiger charge is 2.13. The molecule has 1 unspecified atom stereocenters. The summed E-state index contributed by atoms with van der Waals surface area (Å²) in [4.78, 5) is 33.6. The van der Waals surface area contributed by atoms with Crippen molar-refractivity contribution >= 4 is 29.3 Å². The van der Waals surface area contributed by atoms with Gasteiger partial charge in [-0.15, -0.1) is 0 Å². The number of aliphatic hydroxyl groups excluding tert-OH is 1. The minimum absolute atomic E-state index is 0.295. The Morgan fingerprint density at radius 2 is 2.00 bits per heavy atom. The van der Waals surface area contributed by atoms with Crippen LogP contribution in [0.5, 0.6) is 0 Å². The fourth-order valence-electron chi connectivity index (χ4n) is 1.27. The zero-order chi connectivity index (χ0) is 15.1. The Morgan fingerprint density at radius 1 is 1.30 bits per heavy atom. The molecule has 0 aromatic heterocycles. The van der Waals surface area contributed by atoms with Crippen LogP contribution in [0.2, 0.25) is 5.02 Å². The average Bonchev–Trinajstić information content (AvgIpc) is 2.41. The van der Waals surface area contributed by atoms with Crippen molar-refractivity contribution in [1.29, 1.82) is 0 Å². The number of halogens is 1. The molecule has 0 fully saturated rings. The number of nitrogens with two attached hydrogens (primary N) is 1. The van der Waals surface area contributed by atoms with Crippen LogP contribution >= 0.6 is 11.6 Å². The predicted octanol–water partition coefficient (Wildman–Crippen LogP) is -0.968. The van der Waals surface area contributed by atoms with Crippen LogP contribution in [0.3, 0.4) is 0 Å². The van der Waals surface area contributed by atoms with Gasteiger partial charge in [-0.25, -0.2) is 0 Å². The average molecular weight is 300 g/mol. The Bertz CT molecular complexity index is 521. The number of nitrogens with one attached hydrogen (secondary N) is 2. The van der Waals surface area contributed by atoms with E-state index in [0.717, 1.165) is 0 Å². The Balaban J connectivity index is 2.37. The van der Waals surface area contributed by atoms with Crippen LogP contribution in [-0.2, 0) is 9.59 Å². The number of hydrogen-bond donors (Lipinski definition) is 4. The quantitative estimate of drug-likeness (QED) is 0.540. The SMILES string of the molecule is NC(=O)C(O)CNC(=O)CNC(=O)c1cccc(Cl)c1. The number of amides is 3. The fraction of sp³-hybridized carbons (Fsp3) is 0.250. The van der Waals surface area contributed by atoms with Crippen molar-refractivity contribution in [3.63, 3.8) is 0 Å². The van der Waals surface area contributed by atoms with Gasteiger partial charge in [0.05, 0.1) is 13.1 Å². The number of rotatable bonds is 6. The van der Waals surface area contributed by atoms with Gasteiger partial charge in [0.25, 0.3) is 5.91 Å². The van der Waals surface area contributed by atoms with Gasteiger partial charge in [0.2, 0.25) is 11.8 Å². The molecule has 5 N–H and O–H groups in total. The Labute approximate surface area is 120 Å². The van der Waals surface area contributed by atoms with Crippen LogP contribution in [0.4, 0.5) is 0 Å². The molecular formula is C12H14ClN3O4.